The van der Waals surface area contributed by atoms with E-state index < -0.39 is 5.97 Å². The van der Waals surface area contributed by atoms with Crippen LogP contribution < -0.4 is 0 Å². The Labute approximate surface area is 123 Å². The zero-order chi connectivity index (χ0) is 14.3. The highest BCUT2D eigenvalue weighted by Crippen LogP contribution is 2.44. The van der Waals surface area contributed by atoms with Crippen LogP contribution in [0.2, 0.25) is 0 Å². The first-order chi connectivity index (χ1) is 9.54. The Balaban J connectivity index is 1.72. The molecule has 3 unspecified atom stereocenters. The average Bonchev–Trinajstić information content (AvgIpc) is 2.91. The van der Waals surface area contributed by atoms with Crippen molar-refractivity contribution in [2.75, 3.05) is 0 Å². The van der Waals surface area contributed by atoms with Crippen LogP contribution >= 0.6 is 11.3 Å². The number of hydrogen-bond donors (Lipinski definition) is 1. The molecule has 0 aromatic carbocycles. The molecular formula is C15H22N2O2S. The van der Waals surface area contributed by atoms with Crippen LogP contribution in [0.1, 0.15) is 55.8 Å². The van der Waals surface area contributed by atoms with E-state index in [1.54, 1.807) is 11.3 Å². The lowest BCUT2D eigenvalue weighted by Gasteiger charge is -2.41. The van der Waals surface area contributed by atoms with Gasteiger partial charge < -0.3 is 5.11 Å². The molecule has 0 saturated carbocycles. The van der Waals surface area contributed by atoms with Crippen molar-refractivity contribution in [1.82, 2.24) is 9.88 Å². The second kappa shape index (κ2) is 5.45. The minimum atomic E-state index is -0.647. The number of fused-ring (bicyclic) bond motifs is 2. The van der Waals surface area contributed by atoms with E-state index in [0.29, 0.717) is 30.5 Å². The highest BCUT2D eigenvalue weighted by molar-refractivity contribution is 7.09. The van der Waals surface area contributed by atoms with Crippen LogP contribution in [-0.4, -0.2) is 33.0 Å². The monoisotopic (exact) mass is 294 g/mol. The molecule has 2 aliphatic heterocycles. The van der Waals surface area contributed by atoms with Crippen molar-refractivity contribution in [3.63, 3.8) is 0 Å². The van der Waals surface area contributed by atoms with Crippen LogP contribution in [-0.2, 0) is 4.79 Å². The zero-order valence-corrected chi connectivity index (χ0v) is 12.9. The molecule has 2 aliphatic rings. The molecule has 5 heteroatoms. The molecule has 2 saturated heterocycles. The van der Waals surface area contributed by atoms with Crippen LogP contribution in [0.3, 0.4) is 0 Å². The van der Waals surface area contributed by atoms with Gasteiger partial charge in [0.1, 0.15) is 0 Å². The first kappa shape index (κ1) is 14.0. The predicted molar refractivity (Wildman–Crippen MR) is 78.9 cm³/mol. The van der Waals surface area contributed by atoms with Gasteiger partial charge in [-0.1, -0.05) is 0 Å². The molecule has 20 heavy (non-hydrogen) atoms. The molecule has 2 bridgehead atoms. The lowest BCUT2D eigenvalue weighted by molar-refractivity contribution is -0.138. The zero-order valence-electron chi connectivity index (χ0n) is 12.1. The molecule has 1 N–H and O–H groups in total. The minimum Gasteiger partial charge on any atom is -0.481 e. The molecule has 1 aromatic heterocycles. The number of rotatable bonds is 4. The van der Waals surface area contributed by atoms with Gasteiger partial charge >= 0.3 is 5.97 Å². The highest BCUT2D eigenvalue weighted by Gasteiger charge is 2.43. The van der Waals surface area contributed by atoms with E-state index in [2.05, 4.69) is 29.1 Å². The van der Waals surface area contributed by atoms with E-state index >= 15 is 0 Å². The summed E-state index contributed by atoms with van der Waals surface area (Å²) >= 11 is 1.71. The second-order valence-corrected chi connectivity index (χ2v) is 7.30. The molecule has 0 spiro atoms. The Morgan fingerprint density at radius 3 is 2.65 bits per heavy atom. The fourth-order valence-corrected chi connectivity index (χ4v) is 4.80. The van der Waals surface area contributed by atoms with Gasteiger partial charge in [-0.2, -0.15) is 0 Å². The lowest BCUT2D eigenvalue weighted by atomic mass is 9.87. The fourth-order valence-electron chi connectivity index (χ4n) is 4.10. The minimum absolute atomic E-state index is 0.338. The Morgan fingerprint density at radius 2 is 2.15 bits per heavy atom. The number of aryl methyl sites for hydroxylation is 1. The number of thiazole rings is 1. The Morgan fingerprint density at radius 1 is 1.50 bits per heavy atom. The van der Waals surface area contributed by atoms with Gasteiger partial charge in [0.2, 0.25) is 0 Å². The average molecular weight is 294 g/mol. The molecule has 0 radical (unpaired) electrons. The van der Waals surface area contributed by atoms with Crippen LogP contribution in [0.15, 0.2) is 5.38 Å². The molecule has 3 rings (SSSR count). The Kier molecular flexibility index (Phi) is 3.82. The van der Waals surface area contributed by atoms with Crippen molar-refractivity contribution < 1.29 is 9.90 Å². The van der Waals surface area contributed by atoms with E-state index in [9.17, 15) is 4.79 Å². The first-order valence-corrected chi connectivity index (χ1v) is 8.34. The van der Waals surface area contributed by atoms with Crippen molar-refractivity contribution in [1.29, 1.82) is 0 Å². The molecule has 0 aliphatic carbocycles. The molecule has 110 valence electrons. The summed E-state index contributed by atoms with van der Waals surface area (Å²) in [5.74, 6) is -0.281. The van der Waals surface area contributed by atoms with E-state index in [1.165, 1.54) is 18.5 Å². The van der Waals surface area contributed by atoms with Gasteiger partial charge in [0.15, 0.2) is 0 Å². The van der Waals surface area contributed by atoms with Gasteiger partial charge in [0.25, 0.3) is 0 Å². The Bertz CT molecular complexity index is 488. The van der Waals surface area contributed by atoms with E-state index in [1.807, 2.05) is 0 Å². The molecule has 3 atom stereocenters. The summed E-state index contributed by atoms with van der Waals surface area (Å²) in [7, 11) is 0. The van der Waals surface area contributed by atoms with Crippen molar-refractivity contribution in [2.45, 2.75) is 64.1 Å². The number of carboxylic acid groups (broad SMARTS) is 1. The van der Waals surface area contributed by atoms with Gasteiger partial charge in [0.05, 0.1) is 16.7 Å². The third-order valence-corrected chi connectivity index (χ3v) is 5.65. The molecule has 0 amide bonds. The number of aromatic nitrogens is 1. The maximum absolute atomic E-state index is 10.9. The number of nitrogens with zero attached hydrogens (tertiary/aromatic N) is 2. The standard InChI is InChI=1S/C15H22N2O2S/c1-9(14-8-20-10(2)16-14)17-12-3-4-13(17)6-11(5-12)7-15(18)19/h8-9,11-13H,3-7H2,1-2H3,(H,18,19). The third-order valence-electron chi connectivity index (χ3n) is 4.86. The number of piperidine rings is 1. The summed E-state index contributed by atoms with van der Waals surface area (Å²) in [6.07, 6.45) is 4.85. The summed E-state index contributed by atoms with van der Waals surface area (Å²) in [5.41, 5.74) is 1.18. The van der Waals surface area contributed by atoms with Crippen molar-refractivity contribution in [3.8, 4) is 0 Å². The summed E-state index contributed by atoms with van der Waals surface area (Å²) in [4.78, 5) is 18.2. The van der Waals surface area contributed by atoms with Gasteiger partial charge in [0, 0.05) is 23.9 Å². The van der Waals surface area contributed by atoms with Crippen molar-refractivity contribution >= 4 is 17.3 Å². The van der Waals surface area contributed by atoms with Crippen LogP contribution in [0, 0.1) is 12.8 Å². The highest BCUT2D eigenvalue weighted by atomic mass is 32.1. The number of carbonyl (C=O) groups is 1. The molecule has 3 heterocycles. The second-order valence-electron chi connectivity index (χ2n) is 6.23. The molecular weight excluding hydrogens is 272 g/mol. The van der Waals surface area contributed by atoms with Crippen LogP contribution in [0.5, 0.6) is 0 Å². The largest absolute Gasteiger partial charge is 0.481 e. The summed E-state index contributed by atoms with van der Waals surface area (Å²) < 4.78 is 0. The van der Waals surface area contributed by atoms with Gasteiger partial charge in [-0.15, -0.1) is 11.3 Å². The molecule has 2 fully saturated rings. The van der Waals surface area contributed by atoms with E-state index in [-0.39, 0.29) is 0 Å². The topological polar surface area (TPSA) is 53.4 Å². The first-order valence-electron chi connectivity index (χ1n) is 7.46. The summed E-state index contributed by atoms with van der Waals surface area (Å²) in [5, 5.41) is 12.3. The summed E-state index contributed by atoms with van der Waals surface area (Å²) in [6, 6.07) is 1.47. The maximum atomic E-state index is 10.9. The van der Waals surface area contributed by atoms with Crippen molar-refractivity contribution in [3.05, 3.63) is 16.1 Å². The third kappa shape index (κ3) is 2.61. The quantitative estimate of drug-likeness (QED) is 0.926. The number of carboxylic acids is 1. The molecule has 4 nitrogen and oxygen atoms in total. The van der Waals surface area contributed by atoms with E-state index in [4.69, 9.17) is 5.11 Å². The predicted octanol–water partition coefficient (Wildman–Crippen LogP) is 3.23. The fraction of sp³-hybridized carbons (Fsp3) is 0.733. The summed E-state index contributed by atoms with van der Waals surface area (Å²) in [6.45, 7) is 4.30. The van der Waals surface area contributed by atoms with Gasteiger partial charge in [-0.3, -0.25) is 9.69 Å². The maximum Gasteiger partial charge on any atom is 0.303 e. The SMILES string of the molecule is Cc1nc(C(C)N2C3CCC2CC(CC(=O)O)C3)cs1. The number of hydrogen-bond acceptors (Lipinski definition) is 4. The van der Waals surface area contributed by atoms with Crippen LogP contribution in [0.25, 0.3) is 0 Å². The van der Waals surface area contributed by atoms with Crippen LogP contribution in [0.4, 0.5) is 0 Å². The lowest BCUT2D eigenvalue weighted by Crippen LogP contribution is -2.44. The smallest absolute Gasteiger partial charge is 0.303 e. The van der Waals surface area contributed by atoms with E-state index in [0.717, 1.165) is 17.8 Å². The number of aliphatic carboxylic acids is 1. The normalized spacial score (nSPS) is 31.4. The van der Waals surface area contributed by atoms with Crippen molar-refractivity contribution in [2.24, 2.45) is 5.92 Å². The Hall–Kier alpha value is -0.940. The van der Waals surface area contributed by atoms with Gasteiger partial charge in [-0.25, -0.2) is 4.98 Å². The van der Waals surface area contributed by atoms with Gasteiger partial charge in [-0.05, 0) is 45.4 Å². The molecule has 1 aromatic rings.